The van der Waals surface area contributed by atoms with E-state index in [4.69, 9.17) is 9.84 Å². The summed E-state index contributed by atoms with van der Waals surface area (Å²) in [5, 5.41) is 8.57. The molecule has 0 bridgehead atoms. The van der Waals surface area contributed by atoms with Crippen LogP contribution >= 0.6 is 0 Å². The van der Waals surface area contributed by atoms with Crippen molar-refractivity contribution in [2.24, 2.45) is 0 Å². The lowest BCUT2D eigenvalue weighted by Crippen LogP contribution is -2.63. The minimum absolute atomic E-state index is 0.0149. The van der Waals surface area contributed by atoms with E-state index >= 15 is 0 Å². The summed E-state index contributed by atoms with van der Waals surface area (Å²) >= 11 is 0. The average Bonchev–Trinajstić information content (AvgIpc) is 2.41. The fourth-order valence-electron chi connectivity index (χ4n) is 2.13. The fraction of sp³-hybridized carbons (Fsp3) is 0.538. The van der Waals surface area contributed by atoms with Crippen molar-refractivity contribution in [3.05, 3.63) is 30.1 Å². The summed E-state index contributed by atoms with van der Waals surface area (Å²) in [4.78, 5) is 14.5. The number of hydrogen-bond donors (Lipinski definition) is 1. The van der Waals surface area contributed by atoms with Gasteiger partial charge >= 0.3 is 5.97 Å². The second kappa shape index (κ2) is 6.08. The van der Waals surface area contributed by atoms with Gasteiger partial charge in [0.15, 0.2) is 0 Å². The van der Waals surface area contributed by atoms with Crippen LogP contribution in [0.1, 0.15) is 12.6 Å². The lowest BCUT2D eigenvalue weighted by Gasteiger charge is -2.46. The van der Waals surface area contributed by atoms with E-state index in [1.54, 1.807) is 25.3 Å². The molecule has 1 N–H and O–H groups in total. The molecule has 0 spiro atoms. The molecular weight excluding hydrogens is 296 g/mol. The molecule has 116 valence electrons. The van der Waals surface area contributed by atoms with Crippen LogP contribution in [-0.2, 0) is 26.0 Å². The van der Waals surface area contributed by atoms with Gasteiger partial charge in [-0.25, -0.2) is 13.2 Å². The first-order valence-corrected chi connectivity index (χ1v) is 8.15. The second-order valence-corrected chi connectivity index (χ2v) is 7.38. The molecule has 0 aliphatic carbocycles. The van der Waals surface area contributed by atoms with Crippen LogP contribution in [0.3, 0.4) is 0 Å². The molecule has 0 unspecified atom stereocenters. The van der Waals surface area contributed by atoms with Crippen LogP contribution in [-0.4, -0.2) is 59.8 Å². The van der Waals surface area contributed by atoms with E-state index in [2.05, 4.69) is 4.98 Å². The number of carbonyl (C=O) groups is 1. The van der Waals surface area contributed by atoms with Crippen molar-refractivity contribution in [3.63, 3.8) is 0 Å². The molecule has 0 saturated carbocycles. The SMILES string of the molecule is CC1(OCC(=O)O)CN(S(=O)(=O)CCc2ccccn2)C1. The van der Waals surface area contributed by atoms with Gasteiger partial charge in [0.25, 0.3) is 0 Å². The van der Waals surface area contributed by atoms with Crippen LogP contribution in [0.2, 0.25) is 0 Å². The van der Waals surface area contributed by atoms with E-state index in [1.807, 2.05) is 6.07 Å². The van der Waals surface area contributed by atoms with Gasteiger partial charge in [-0.3, -0.25) is 4.98 Å². The van der Waals surface area contributed by atoms with Gasteiger partial charge in [-0.05, 0) is 19.1 Å². The van der Waals surface area contributed by atoms with Crippen molar-refractivity contribution >= 4 is 16.0 Å². The topological polar surface area (TPSA) is 96.8 Å². The zero-order valence-electron chi connectivity index (χ0n) is 11.7. The number of pyridine rings is 1. The van der Waals surface area contributed by atoms with Gasteiger partial charge in [0.1, 0.15) is 6.61 Å². The molecule has 8 heteroatoms. The number of rotatable bonds is 7. The maximum absolute atomic E-state index is 12.1. The molecule has 0 aromatic carbocycles. The zero-order chi connectivity index (χ0) is 15.5. The molecule has 1 aliphatic heterocycles. The highest BCUT2D eigenvalue weighted by Gasteiger charge is 2.45. The number of aryl methyl sites for hydroxylation is 1. The van der Waals surface area contributed by atoms with Gasteiger partial charge in [-0.15, -0.1) is 0 Å². The zero-order valence-corrected chi connectivity index (χ0v) is 12.5. The maximum atomic E-state index is 12.1. The van der Waals surface area contributed by atoms with Crippen molar-refractivity contribution in [2.45, 2.75) is 18.9 Å². The molecule has 1 aromatic rings. The monoisotopic (exact) mass is 314 g/mol. The largest absolute Gasteiger partial charge is 0.480 e. The number of aromatic nitrogens is 1. The Kier molecular flexibility index (Phi) is 4.60. The predicted octanol–water partition coefficient (Wildman–Crippen LogP) is 0.129. The quantitative estimate of drug-likeness (QED) is 0.768. The molecule has 0 atom stereocenters. The third-order valence-electron chi connectivity index (χ3n) is 3.30. The normalized spacial score (nSPS) is 18.1. The van der Waals surface area contributed by atoms with Crippen LogP contribution in [0.25, 0.3) is 0 Å². The Morgan fingerprint density at radius 1 is 1.48 bits per heavy atom. The molecule has 0 amide bonds. The van der Waals surface area contributed by atoms with E-state index in [1.165, 1.54) is 4.31 Å². The molecule has 1 aromatic heterocycles. The van der Waals surface area contributed by atoms with Gasteiger partial charge in [0.05, 0.1) is 11.4 Å². The lowest BCUT2D eigenvalue weighted by molar-refractivity contribution is -0.157. The number of hydrogen-bond acceptors (Lipinski definition) is 5. The van der Waals surface area contributed by atoms with Crippen molar-refractivity contribution in [1.29, 1.82) is 0 Å². The molecule has 1 fully saturated rings. The summed E-state index contributed by atoms with van der Waals surface area (Å²) in [5.41, 5.74) is 0.0164. The first-order valence-electron chi connectivity index (χ1n) is 6.54. The van der Waals surface area contributed by atoms with Crippen molar-refractivity contribution in [2.75, 3.05) is 25.4 Å². The van der Waals surface area contributed by atoms with Crippen LogP contribution < -0.4 is 0 Å². The van der Waals surface area contributed by atoms with E-state index in [-0.39, 0.29) is 18.8 Å². The van der Waals surface area contributed by atoms with Crippen molar-refractivity contribution < 1.29 is 23.1 Å². The van der Waals surface area contributed by atoms with E-state index in [9.17, 15) is 13.2 Å². The van der Waals surface area contributed by atoms with Gasteiger partial charge in [-0.2, -0.15) is 4.31 Å². The summed E-state index contributed by atoms with van der Waals surface area (Å²) < 4.78 is 30.8. The Labute approximate surface area is 123 Å². The lowest BCUT2D eigenvalue weighted by atomic mass is 10.0. The van der Waals surface area contributed by atoms with Crippen LogP contribution in [0.4, 0.5) is 0 Å². The number of nitrogens with zero attached hydrogens (tertiary/aromatic N) is 2. The Hall–Kier alpha value is -1.51. The first-order chi connectivity index (χ1) is 9.81. The third kappa shape index (κ3) is 4.23. The highest BCUT2D eigenvalue weighted by atomic mass is 32.2. The standard InChI is InChI=1S/C13H18N2O5S/c1-13(20-8-12(16)17)9-15(10-13)21(18,19)7-5-11-4-2-3-6-14-11/h2-4,6H,5,7-10H2,1H3,(H,16,17). The van der Waals surface area contributed by atoms with Crippen LogP contribution in [0.15, 0.2) is 24.4 Å². The smallest absolute Gasteiger partial charge is 0.329 e. The summed E-state index contributed by atoms with van der Waals surface area (Å²) in [6.45, 7) is 1.66. The van der Waals surface area contributed by atoms with Crippen molar-refractivity contribution in [1.82, 2.24) is 9.29 Å². The summed E-state index contributed by atoms with van der Waals surface area (Å²) in [5.74, 6) is -1.08. The Bertz CT molecular complexity index is 596. The molecule has 7 nitrogen and oxygen atoms in total. The van der Waals surface area contributed by atoms with Gasteiger partial charge in [0.2, 0.25) is 10.0 Å². The second-order valence-electron chi connectivity index (χ2n) is 5.29. The average molecular weight is 314 g/mol. The molecule has 1 aliphatic rings. The summed E-state index contributed by atoms with van der Waals surface area (Å²) in [7, 11) is -3.37. The van der Waals surface area contributed by atoms with Gasteiger partial charge < -0.3 is 9.84 Å². The van der Waals surface area contributed by atoms with E-state index in [0.717, 1.165) is 5.69 Å². The van der Waals surface area contributed by atoms with Gasteiger partial charge in [-0.1, -0.05) is 6.07 Å². The highest BCUT2D eigenvalue weighted by molar-refractivity contribution is 7.89. The number of sulfonamides is 1. The fourth-order valence-corrected chi connectivity index (χ4v) is 3.80. The Morgan fingerprint density at radius 2 is 2.19 bits per heavy atom. The molecule has 2 rings (SSSR count). The van der Waals surface area contributed by atoms with Crippen LogP contribution in [0.5, 0.6) is 0 Å². The molecule has 21 heavy (non-hydrogen) atoms. The minimum atomic E-state index is -3.37. The van der Waals surface area contributed by atoms with E-state index in [0.29, 0.717) is 6.42 Å². The Balaban J connectivity index is 1.84. The number of aliphatic carboxylic acids is 1. The summed E-state index contributed by atoms with van der Waals surface area (Å²) in [6.07, 6.45) is 1.98. The number of carboxylic acid groups (broad SMARTS) is 1. The van der Waals surface area contributed by atoms with Crippen LogP contribution in [0, 0.1) is 0 Å². The summed E-state index contributed by atoms with van der Waals surface area (Å²) in [6, 6.07) is 5.37. The molecule has 2 heterocycles. The van der Waals surface area contributed by atoms with E-state index < -0.39 is 28.2 Å². The Morgan fingerprint density at radius 3 is 2.76 bits per heavy atom. The predicted molar refractivity (Wildman–Crippen MR) is 75.3 cm³/mol. The number of carboxylic acids is 1. The van der Waals surface area contributed by atoms with Crippen molar-refractivity contribution in [3.8, 4) is 0 Å². The minimum Gasteiger partial charge on any atom is -0.480 e. The highest BCUT2D eigenvalue weighted by Crippen LogP contribution is 2.27. The molecule has 0 radical (unpaired) electrons. The maximum Gasteiger partial charge on any atom is 0.329 e. The molecular formula is C13H18N2O5S. The third-order valence-corrected chi connectivity index (χ3v) is 5.07. The first kappa shape index (κ1) is 15.9. The van der Waals surface area contributed by atoms with Gasteiger partial charge in [0, 0.05) is 31.4 Å². The molecule has 1 saturated heterocycles. The number of ether oxygens (including phenoxy) is 1.